The van der Waals surface area contributed by atoms with Crippen LogP contribution in [0.3, 0.4) is 0 Å². The van der Waals surface area contributed by atoms with E-state index in [4.69, 9.17) is 4.74 Å². The first-order chi connectivity index (χ1) is 11.8. The van der Waals surface area contributed by atoms with Crippen LogP contribution < -0.4 is 14.6 Å². The predicted octanol–water partition coefficient (Wildman–Crippen LogP) is 2.64. The summed E-state index contributed by atoms with van der Waals surface area (Å²) in [6.07, 6.45) is 1.09. The molecule has 2 heterocycles. The summed E-state index contributed by atoms with van der Waals surface area (Å²) in [6, 6.07) is 15.6. The summed E-state index contributed by atoms with van der Waals surface area (Å²) in [4.78, 5) is 12.8. The molecule has 1 aliphatic rings. The van der Waals surface area contributed by atoms with E-state index >= 15 is 0 Å². The summed E-state index contributed by atoms with van der Waals surface area (Å²) in [5.41, 5.74) is 2.91. The van der Waals surface area contributed by atoms with Crippen molar-refractivity contribution in [1.29, 1.82) is 0 Å². The number of carbonyl (C=O) groups excluding carboxylic acids is 1. The maximum absolute atomic E-state index is 12.8. The lowest BCUT2D eigenvalue weighted by atomic mass is 10.1. The molecule has 5 nitrogen and oxygen atoms in total. The fourth-order valence-electron chi connectivity index (χ4n) is 3.34. The number of anilines is 1. The number of Topliss-reactive ketones (excluding diaryl/α,β-unsaturated/α-hetero) is 1. The molecule has 0 amide bonds. The monoisotopic (exact) mass is 322 g/mol. The van der Waals surface area contributed by atoms with Gasteiger partial charge in [-0.05, 0) is 24.3 Å². The predicted molar refractivity (Wildman–Crippen MR) is 92.6 cm³/mol. The Morgan fingerprint density at radius 2 is 2.12 bits per heavy atom. The van der Waals surface area contributed by atoms with Gasteiger partial charge in [0.2, 0.25) is 0 Å². The molecule has 0 aliphatic carbocycles. The van der Waals surface area contributed by atoms with Crippen LogP contribution >= 0.6 is 0 Å². The fraction of sp³-hybridized carbons (Fsp3) is 0.263. The highest BCUT2D eigenvalue weighted by molar-refractivity contribution is 5.97. The van der Waals surface area contributed by atoms with Gasteiger partial charge in [0, 0.05) is 12.0 Å². The molecular weight excluding hydrogens is 302 g/mol. The third-order valence-electron chi connectivity index (χ3n) is 4.51. The maximum Gasteiger partial charge on any atom is 0.358 e. The number of ketones is 1. The number of aryl methyl sites for hydroxylation is 1. The molecule has 0 bridgehead atoms. The van der Waals surface area contributed by atoms with Gasteiger partial charge in [-0.2, -0.15) is 0 Å². The quantitative estimate of drug-likeness (QED) is 0.593. The van der Waals surface area contributed by atoms with Crippen molar-refractivity contribution in [3.05, 3.63) is 54.1 Å². The summed E-state index contributed by atoms with van der Waals surface area (Å²) in [5.74, 6) is 1.79. The lowest BCUT2D eigenvalue weighted by molar-refractivity contribution is -0.661. The second-order valence-electron chi connectivity index (χ2n) is 5.99. The van der Waals surface area contributed by atoms with E-state index < -0.39 is 0 Å². The molecule has 0 atom stereocenters. The number of nitrogens with one attached hydrogen (secondary N) is 1. The second kappa shape index (κ2) is 6.00. The molecule has 0 spiro atoms. The molecule has 24 heavy (non-hydrogen) atoms. The molecule has 2 aromatic carbocycles. The van der Waals surface area contributed by atoms with Crippen molar-refractivity contribution in [2.45, 2.75) is 19.5 Å². The van der Waals surface area contributed by atoms with Crippen molar-refractivity contribution >= 4 is 22.8 Å². The Morgan fingerprint density at radius 1 is 1.25 bits per heavy atom. The summed E-state index contributed by atoms with van der Waals surface area (Å²) >= 11 is 0. The van der Waals surface area contributed by atoms with E-state index in [2.05, 4.69) is 26.6 Å². The van der Waals surface area contributed by atoms with Gasteiger partial charge in [0.15, 0.2) is 5.78 Å². The van der Waals surface area contributed by atoms with Crippen LogP contribution in [0.15, 0.2) is 48.5 Å². The lowest BCUT2D eigenvalue weighted by Gasteiger charge is -2.11. The number of fused-ring (bicyclic) bond motifs is 3. The first kappa shape index (κ1) is 14.8. The number of aromatic nitrogens is 2. The van der Waals surface area contributed by atoms with E-state index in [1.54, 1.807) is 13.2 Å². The van der Waals surface area contributed by atoms with Gasteiger partial charge in [-0.15, -0.1) is 0 Å². The van der Waals surface area contributed by atoms with Crippen molar-refractivity contribution in [1.82, 2.24) is 4.57 Å². The summed E-state index contributed by atoms with van der Waals surface area (Å²) in [7, 11) is 1.61. The van der Waals surface area contributed by atoms with E-state index in [0.717, 1.165) is 36.5 Å². The Hall–Kier alpha value is -2.82. The highest BCUT2D eigenvalue weighted by Gasteiger charge is 2.27. The van der Waals surface area contributed by atoms with Gasteiger partial charge in [-0.25, -0.2) is 9.13 Å². The van der Waals surface area contributed by atoms with Crippen molar-refractivity contribution < 1.29 is 14.1 Å². The van der Waals surface area contributed by atoms with Crippen LogP contribution in [-0.4, -0.2) is 24.0 Å². The van der Waals surface area contributed by atoms with E-state index in [9.17, 15) is 4.79 Å². The van der Waals surface area contributed by atoms with Gasteiger partial charge in [0.1, 0.15) is 23.3 Å². The van der Waals surface area contributed by atoms with Crippen molar-refractivity contribution in [2.24, 2.45) is 0 Å². The standard InChI is InChI=1S/C19H19N3O2/c1-24-15-7-4-6-14(12-15)18(23)13-22-17-9-3-2-8-16(17)21-11-5-10-20-19(21)22/h2-4,6-9,12H,5,10-11,13H2,1H3/p+1. The number of hydrogen-bond acceptors (Lipinski definition) is 3. The Morgan fingerprint density at radius 3 is 3.00 bits per heavy atom. The van der Waals surface area contributed by atoms with Crippen LogP contribution in [0.25, 0.3) is 11.0 Å². The van der Waals surface area contributed by atoms with E-state index in [1.807, 2.05) is 30.3 Å². The van der Waals surface area contributed by atoms with Crippen LogP contribution in [0, 0.1) is 0 Å². The summed E-state index contributed by atoms with van der Waals surface area (Å²) in [6.45, 7) is 2.22. The number of ether oxygens (including phenoxy) is 1. The first-order valence-electron chi connectivity index (χ1n) is 8.20. The molecule has 1 aromatic heterocycles. The molecule has 0 saturated heterocycles. The Balaban J connectivity index is 1.75. The van der Waals surface area contributed by atoms with Crippen molar-refractivity contribution in [2.75, 3.05) is 19.0 Å². The molecule has 1 aliphatic heterocycles. The summed E-state index contributed by atoms with van der Waals surface area (Å²) in [5, 5.41) is 3.45. The van der Waals surface area contributed by atoms with E-state index in [0.29, 0.717) is 17.9 Å². The van der Waals surface area contributed by atoms with Gasteiger partial charge in [-0.3, -0.25) is 10.1 Å². The van der Waals surface area contributed by atoms with Crippen LogP contribution in [0.5, 0.6) is 5.75 Å². The number of para-hydroxylation sites is 2. The highest BCUT2D eigenvalue weighted by Crippen LogP contribution is 2.21. The van der Waals surface area contributed by atoms with Gasteiger partial charge in [0.05, 0.1) is 20.2 Å². The number of methoxy groups -OCH3 is 1. The van der Waals surface area contributed by atoms with E-state index in [-0.39, 0.29) is 5.78 Å². The highest BCUT2D eigenvalue weighted by atomic mass is 16.5. The van der Waals surface area contributed by atoms with Crippen LogP contribution in [0.2, 0.25) is 0 Å². The van der Waals surface area contributed by atoms with Crippen LogP contribution in [0.1, 0.15) is 16.8 Å². The van der Waals surface area contributed by atoms with Gasteiger partial charge in [0.25, 0.3) is 0 Å². The number of rotatable bonds is 4. The number of imidazole rings is 1. The molecular formula is C19H20N3O2+. The second-order valence-corrected chi connectivity index (χ2v) is 5.99. The third kappa shape index (κ3) is 2.42. The number of nitrogens with zero attached hydrogens (tertiary/aromatic N) is 2. The number of carbonyl (C=O) groups is 1. The van der Waals surface area contributed by atoms with Crippen LogP contribution in [-0.2, 0) is 13.1 Å². The van der Waals surface area contributed by atoms with Gasteiger partial charge in [-0.1, -0.05) is 24.3 Å². The molecule has 0 radical (unpaired) electrons. The molecule has 3 aromatic rings. The molecule has 122 valence electrons. The zero-order valence-corrected chi connectivity index (χ0v) is 13.7. The van der Waals surface area contributed by atoms with Crippen molar-refractivity contribution in [3.63, 3.8) is 0 Å². The number of hydrogen-bond donors (Lipinski definition) is 1. The third-order valence-corrected chi connectivity index (χ3v) is 4.51. The normalized spacial score (nSPS) is 13.4. The average molecular weight is 322 g/mol. The zero-order chi connectivity index (χ0) is 16.5. The van der Waals surface area contributed by atoms with Crippen molar-refractivity contribution in [3.8, 4) is 5.75 Å². The molecule has 0 unspecified atom stereocenters. The van der Waals surface area contributed by atoms with Crippen LogP contribution in [0.4, 0.5) is 5.95 Å². The molecule has 5 heteroatoms. The smallest absolute Gasteiger partial charge is 0.358 e. The average Bonchev–Trinajstić information content (AvgIpc) is 2.96. The number of benzene rings is 2. The molecule has 0 fully saturated rings. The molecule has 1 N–H and O–H groups in total. The van der Waals surface area contributed by atoms with Gasteiger partial charge < -0.3 is 4.74 Å². The first-order valence-corrected chi connectivity index (χ1v) is 8.20. The SMILES string of the molecule is COc1cccc(C(=O)Cn2c3[n+](c4ccccc42)CCCN3)c1. The topological polar surface area (TPSA) is 47.1 Å². The molecule has 4 rings (SSSR count). The minimum Gasteiger partial charge on any atom is -0.497 e. The molecule has 0 saturated carbocycles. The summed E-state index contributed by atoms with van der Waals surface area (Å²) < 4.78 is 9.57. The zero-order valence-electron chi connectivity index (χ0n) is 13.7. The minimum atomic E-state index is 0.0745. The largest absolute Gasteiger partial charge is 0.497 e. The Labute approximate surface area is 140 Å². The Kier molecular flexibility index (Phi) is 3.69. The fourth-order valence-corrected chi connectivity index (χ4v) is 3.34. The lowest BCUT2D eigenvalue weighted by Crippen LogP contribution is -2.42. The van der Waals surface area contributed by atoms with E-state index in [1.165, 1.54) is 0 Å². The Bertz CT molecular complexity index is 914. The van der Waals surface area contributed by atoms with Gasteiger partial charge >= 0.3 is 5.95 Å². The maximum atomic E-state index is 12.8. The minimum absolute atomic E-state index is 0.0745.